The number of aryl methyl sites for hydroxylation is 1. The zero-order chi connectivity index (χ0) is 21.7. The summed E-state index contributed by atoms with van der Waals surface area (Å²) in [6.07, 6.45) is -4.39. The Morgan fingerprint density at radius 3 is 2.50 bits per heavy atom. The Bertz CT molecular complexity index is 866. The van der Waals surface area contributed by atoms with E-state index in [0.717, 1.165) is 12.1 Å². The predicted octanol–water partition coefficient (Wildman–Crippen LogP) is 3.22. The van der Waals surface area contributed by atoms with Crippen molar-refractivity contribution in [1.82, 2.24) is 15.2 Å². The Morgan fingerprint density at radius 1 is 1.23 bits per heavy atom. The lowest BCUT2D eigenvalue weighted by molar-refractivity contribution is -0.137. The molecular formula is C21H24F3N3O3. The van der Waals surface area contributed by atoms with Crippen LogP contribution in [0.4, 0.5) is 13.2 Å². The fourth-order valence-corrected chi connectivity index (χ4v) is 3.41. The number of pyridine rings is 1. The number of alkyl halides is 3. The lowest BCUT2D eigenvalue weighted by Gasteiger charge is -2.35. The molecule has 0 aliphatic carbocycles. The predicted molar refractivity (Wildman–Crippen MR) is 104 cm³/mol. The maximum Gasteiger partial charge on any atom is 0.416 e. The van der Waals surface area contributed by atoms with E-state index in [1.807, 2.05) is 0 Å². The summed E-state index contributed by atoms with van der Waals surface area (Å²) in [5, 5.41) is 2.89. The van der Waals surface area contributed by atoms with Crippen LogP contribution < -0.4 is 10.1 Å². The highest BCUT2D eigenvalue weighted by Crippen LogP contribution is 2.31. The number of ether oxygens (including phenoxy) is 2. The van der Waals surface area contributed by atoms with Crippen molar-refractivity contribution in [1.29, 1.82) is 0 Å². The van der Waals surface area contributed by atoms with Crippen molar-refractivity contribution in [2.45, 2.75) is 19.1 Å². The van der Waals surface area contributed by atoms with Crippen molar-refractivity contribution >= 4 is 5.91 Å². The van der Waals surface area contributed by atoms with Gasteiger partial charge in [0.05, 0.1) is 31.9 Å². The zero-order valence-corrected chi connectivity index (χ0v) is 16.8. The molecule has 0 spiro atoms. The number of morpholine rings is 1. The topological polar surface area (TPSA) is 63.7 Å². The first kappa shape index (κ1) is 22.0. The number of amides is 1. The Hall–Kier alpha value is -2.65. The third kappa shape index (κ3) is 5.48. The van der Waals surface area contributed by atoms with Crippen molar-refractivity contribution in [3.63, 3.8) is 0 Å². The van der Waals surface area contributed by atoms with Crippen LogP contribution in [0.3, 0.4) is 0 Å². The summed E-state index contributed by atoms with van der Waals surface area (Å²) >= 11 is 0. The molecule has 2 heterocycles. The Morgan fingerprint density at radius 2 is 1.90 bits per heavy atom. The van der Waals surface area contributed by atoms with Gasteiger partial charge in [0, 0.05) is 37.0 Å². The van der Waals surface area contributed by atoms with Crippen LogP contribution in [0.2, 0.25) is 0 Å². The Kier molecular flexibility index (Phi) is 6.94. The van der Waals surface area contributed by atoms with E-state index in [0.29, 0.717) is 49.0 Å². The van der Waals surface area contributed by atoms with E-state index in [4.69, 9.17) is 9.47 Å². The molecule has 162 valence electrons. The maximum atomic E-state index is 12.9. The van der Waals surface area contributed by atoms with Gasteiger partial charge >= 0.3 is 6.18 Å². The first-order chi connectivity index (χ1) is 14.3. The van der Waals surface area contributed by atoms with Gasteiger partial charge in [-0.3, -0.25) is 9.69 Å². The molecule has 0 radical (unpaired) electrons. The highest BCUT2D eigenvalue weighted by Gasteiger charge is 2.31. The summed E-state index contributed by atoms with van der Waals surface area (Å²) in [6.45, 7) is 4.33. The number of hydrogen-bond acceptors (Lipinski definition) is 5. The van der Waals surface area contributed by atoms with Gasteiger partial charge in [0.15, 0.2) is 0 Å². The van der Waals surface area contributed by atoms with Crippen LogP contribution in [0.5, 0.6) is 5.88 Å². The van der Waals surface area contributed by atoms with Crippen LogP contribution in [0.15, 0.2) is 36.4 Å². The molecule has 1 amide bonds. The average molecular weight is 423 g/mol. The van der Waals surface area contributed by atoms with Crippen LogP contribution >= 0.6 is 0 Å². The smallest absolute Gasteiger partial charge is 0.416 e. The van der Waals surface area contributed by atoms with Crippen molar-refractivity contribution in [2.24, 2.45) is 0 Å². The molecule has 1 aliphatic rings. The molecule has 1 saturated heterocycles. The van der Waals surface area contributed by atoms with Crippen LogP contribution in [0, 0.1) is 6.92 Å². The van der Waals surface area contributed by atoms with E-state index in [9.17, 15) is 18.0 Å². The number of nitrogens with zero attached hydrogens (tertiary/aromatic N) is 2. The normalized spacial score (nSPS) is 16.2. The van der Waals surface area contributed by atoms with Crippen LogP contribution in [-0.4, -0.2) is 55.7 Å². The number of halogens is 3. The molecule has 1 aliphatic heterocycles. The van der Waals surface area contributed by atoms with E-state index in [1.54, 1.807) is 19.1 Å². The lowest BCUT2D eigenvalue weighted by Crippen LogP contribution is -2.43. The summed E-state index contributed by atoms with van der Waals surface area (Å²) in [5.41, 5.74) is 1.06. The summed E-state index contributed by atoms with van der Waals surface area (Å²) in [4.78, 5) is 18.9. The van der Waals surface area contributed by atoms with E-state index in [1.165, 1.54) is 19.2 Å². The molecule has 1 N–H and O–H groups in total. The van der Waals surface area contributed by atoms with Gasteiger partial charge in [0.25, 0.3) is 5.91 Å². The minimum Gasteiger partial charge on any atom is -0.481 e. The summed E-state index contributed by atoms with van der Waals surface area (Å²) < 4.78 is 49.2. The number of carbonyl (C=O) groups is 1. The minimum atomic E-state index is -4.39. The van der Waals surface area contributed by atoms with E-state index in [-0.39, 0.29) is 18.5 Å². The molecule has 1 aromatic carbocycles. The number of benzene rings is 1. The van der Waals surface area contributed by atoms with Gasteiger partial charge in [-0.15, -0.1) is 0 Å². The third-order valence-electron chi connectivity index (χ3n) is 4.97. The summed E-state index contributed by atoms with van der Waals surface area (Å²) in [6, 6.07) is 8.00. The second kappa shape index (κ2) is 9.44. The first-order valence-electron chi connectivity index (χ1n) is 9.58. The number of carbonyl (C=O) groups excluding carboxylic acids is 1. The van der Waals surface area contributed by atoms with Crippen LogP contribution in [0.25, 0.3) is 0 Å². The van der Waals surface area contributed by atoms with E-state index < -0.39 is 11.7 Å². The highest BCUT2D eigenvalue weighted by atomic mass is 19.4. The number of methoxy groups -OCH3 is 1. The fourth-order valence-electron chi connectivity index (χ4n) is 3.41. The largest absolute Gasteiger partial charge is 0.481 e. The molecule has 3 rings (SSSR count). The summed E-state index contributed by atoms with van der Waals surface area (Å²) in [5.74, 6) is 0.0385. The molecular weight excluding hydrogens is 399 g/mol. The second-order valence-corrected chi connectivity index (χ2v) is 7.03. The molecule has 2 aromatic rings. The van der Waals surface area contributed by atoms with Crippen LogP contribution in [-0.2, 0) is 10.9 Å². The maximum absolute atomic E-state index is 12.9. The van der Waals surface area contributed by atoms with Gasteiger partial charge in [0.2, 0.25) is 5.88 Å². The Labute approximate surface area is 173 Å². The molecule has 1 fully saturated rings. The number of rotatable bonds is 6. The molecule has 1 atom stereocenters. The summed E-state index contributed by atoms with van der Waals surface area (Å²) in [7, 11) is 1.47. The Balaban J connectivity index is 1.78. The van der Waals surface area contributed by atoms with Crippen molar-refractivity contribution in [3.8, 4) is 5.88 Å². The van der Waals surface area contributed by atoms with E-state index >= 15 is 0 Å². The molecule has 1 aromatic heterocycles. The fraction of sp³-hybridized carbons (Fsp3) is 0.429. The number of hydrogen-bond donors (Lipinski definition) is 1. The van der Waals surface area contributed by atoms with Gasteiger partial charge in [-0.1, -0.05) is 12.1 Å². The van der Waals surface area contributed by atoms with Gasteiger partial charge in [-0.25, -0.2) is 4.98 Å². The third-order valence-corrected chi connectivity index (χ3v) is 4.97. The first-order valence-corrected chi connectivity index (χ1v) is 9.58. The SMILES string of the molecule is COc1cc(C(=O)NCC(c2ccc(C(F)(F)F)cc2)N2CCOCC2)cc(C)n1. The monoisotopic (exact) mass is 423 g/mol. The van der Waals surface area contributed by atoms with Crippen molar-refractivity contribution in [2.75, 3.05) is 40.0 Å². The van der Waals surface area contributed by atoms with Gasteiger partial charge in [-0.05, 0) is 30.7 Å². The molecule has 0 saturated carbocycles. The van der Waals surface area contributed by atoms with Gasteiger partial charge in [0.1, 0.15) is 0 Å². The van der Waals surface area contributed by atoms with Crippen molar-refractivity contribution in [3.05, 3.63) is 58.8 Å². The number of aromatic nitrogens is 1. The zero-order valence-electron chi connectivity index (χ0n) is 16.8. The van der Waals surface area contributed by atoms with Crippen LogP contribution in [0.1, 0.15) is 33.2 Å². The molecule has 30 heavy (non-hydrogen) atoms. The molecule has 9 heteroatoms. The number of nitrogens with one attached hydrogen (secondary N) is 1. The highest BCUT2D eigenvalue weighted by molar-refractivity contribution is 5.94. The average Bonchev–Trinajstić information content (AvgIpc) is 2.73. The quantitative estimate of drug-likeness (QED) is 0.773. The van der Waals surface area contributed by atoms with E-state index in [2.05, 4.69) is 15.2 Å². The second-order valence-electron chi connectivity index (χ2n) is 7.03. The minimum absolute atomic E-state index is 0.244. The lowest BCUT2D eigenvalue weighted by atomic mass is 10.0. The van der Waals surface area contributed by atoms with Gasteiger partial charge < -0.3 is 14.8 Å². The molecule has 1 unspecified atom stereocenters. The van der Waals surface area contributed by atoms with Crippen molar-refractivity contribution < 1.29 is 27.4 Å². The standard InChI is InChI=1S/C21H24F3N3O3/c1-14-11-16(12-19(26-14)29-2)20(28)25-13-18(27-7-9-30-10-8-27)15-3-5-17(6-4-15)21(22,23)24/h3-6,11-12,18H,7-10,13H2,1-2H3,(H,25,28). The molecule has 0 bridgehead atoms. The van der Waals surface area contributed by atoms with Gasteiger partial charge in [-0.2, -0.15) is 13.2 Å². The molecule has 6 nitrogen and oxygen atoms in total.